The van der Waals surface area contributed by atoms with Crippen LogP contribution in [0.1, 0.15) is 13.8 Å². The second-order valence-corrected chi connectivity index (χ2v) is 1.70. The first kappa shape index (κ1) is 7.47. The normalized spacial score (nSPS) is 11.0. The summed E-state index contributed by atoms with van der Waals surface area (Å²) >= 11 is 0. The van der Waals surface area contributed by atoms with Crippen molar-refractivity contribution in [1.82, 2.24) is 0 Å². The molecule has 0 aromatic rings. The minimum absolute atomic E-state index is 0.889. The van der Waals surface area contributed by atoms with Gasteiger partial charge in [-0.1, -0.05) is 0 Å². The van der Waals surface area contributed by atoms with Gasteiger partial charge in [0, 0.05) is 6.54 Å². The van der Waals surface area contributed by atoms with Gasteiger partial charge in [-0.2, -0.15) is 0 Å². The molecular formula is C6H12BN. The zero-order chi connectivity index (χ0) is 6.41. The van der Waals surface area contributed by atoms with Crippen molar-refractivity contribution in [3.8, 4) is 0 Å². The summed E-state index contributed by atoms with van der Waals surface area (Å²) in [6, 6.07) is 0. The number of nitrogens with zero attached hydrogens (tertiary/aromatic N) is 1. The standard InChI is InChI=1S/C6H12BN/c1-4-7-6(3)8-5-2/h4,7H,1,5H2,2-3H3/b8-6-. The third-order valence-corrected chi connectivity index (χ3v) is 0.868. The fourth-order valence-corrected chi connectivity index (χ4v) is 0.543. The number of aliphatic imine (C=N–C) groups is 1. The van der Waals surface area contributed by atoms with Crippen molar-refractivity contribution in [2.75, 3.05) is 6.54 Å². The summed E-state index contributed by atoms with van der Waals surface area (Å²) < 4.78 is 0. The molecule has 0 amide bonds. The smallest absolute Gasteiger partial charge is 0.200 e. The van der Waals surface area contributed by atoms with E-state index >= 15 is 0 Å². The van der Waals surface area contributed by atoms with Crippen LogP contribution in [0.5, 0.6) is 0 Å². The minimum atomic E-state index is 0.889. The molecular weight excluding hydrogens is 96.9 g/mol. The minimum Gasteiger partial charge on any atom is -0.304 e. The van der Waals surface area contributed by atoms with Gasteiger partial charge in [0.05, 0.1) is 0 Å². The Kier molecular flexibility index (Phi) is 4.33. The van der Waals surface area contributed by atoms with Crippen LogP contribution in [0.3, 0.4) is 0 Å². The van der Waals surface area contributed by atoms with Crippen LogP contribution in [0.2, 0.25) is 0 Å². The van der Waals surface area contributed by atoms with E-state index in [1.165, 1.54) is 5.61 Å². The lowest BCUT2D eigenvalue weighted by Crippen LogP contribution is -2.00. The maximum Gasteiger partial charge on any atom is 0.200 e. The van der Waals surface area contributed by atoms with Crippen LogP contribution in [0.25, 0.3) is 0 Å². The monoisotopic (exact) mass is 109 g/mol. The van der Waals surface area contributed by atoms with Crippen LogP contribution in [0.4, 0.5) is 0 Å². The molecule has 0 aliphatic heterocycles. The summed E-state index contributed by atoms with van der Waals surface area (Å²) in [5, 5.41) is 0. The first-order valence-electron chi connectivity index (χ1n) is 2.92. The molecule has 0 aromatic carbocycles. The van der Waals surface area contributed by atoms with Crippen LogP contribution in [0, 0.1) is 0 Å². The summed E-state index contributed by atoms with van der Waals surface area (Å²) in [5.41, 5.74) is 1.17. The lowest BCUT2D eigenvalue weighted by molar-refractivity contribution is 1.13. The topological polar surface area (TPSA) is 12.4 Å². The van der Waals surface area contributed by atoms with E-state index in [4.69, 9.17) is 0 Å². The number of rotatable bonds is 3. The van der Waals surface area contributed by atoms with Gasteiger partial charge in [-0.05, 0) is 19.5 Å². The first-order valence-corrected chi connectivity index (χ1v) is 2.92. The van der Waals surface area contributed by atoms with Crippen molar-refractivity contribution in [2.24, 2.45) is 4.99 Å². The third-order valence-electron chi connectivity index (χ3n) is 0.868. The van der Waals surface area contributed by atoms with Gasteiger partial charge in [-0.15, -0.1) is 12.6 Å². The predicted molar refractivity (Wildman–Crippen MR) is 41.0 cm³/mol. The van der Waals surface area contributed by atoms with Gasteiger partial charge >= 0.3 is 0 Å². The highest BCUT2D eigenvalue weighted by Gasteiger charge is 1.84. The van der Waals surface area contributed by atoms with E-state index in [0.29, 0.717) is 0 Å². The Balaban J connectivity index is 3.44. The fourth-order valence-electron chi connectivity index (χ4n) is 0.543. The van der Waals surface area contributed by atoms with Gasteiger partial charge in [0.2, 0.25) is 0 Å². The average Bonchev–Trinajstić information content (AvgIpc) is 1.68. The van der Waals surface area contributed by atoms with Gasteiger partial charge in [0.25, 0.3) is 0 Å². The second kappa shape index (κ2) is 4.63. The molecule has 0 fully saturated rings. The third kappa shape index (κ3) is 3.66. The molecule has 0 aliphatic rings. The lowest BCUT2D eigenvalue weighted by atomic mass is 9.74. The molecule has 0 aromatic heterocycles. The molecule has 44 valence electrons. The summed E-state index contributed by atoms with van der Waals surface area (Å²) in [6.07, 6.45) is 0. The Bertz CT molecular complexity index is 96.7. The zero-order valence-corrected chi connectivity index (χ0v) is 5.65. The SMILES string of the molecule is C=CB/C(C)=N\CC. The van der Waals surface area contributed by atoms with Crippen LogP contribution in [-0.2, 0) is 0 Å². The first-order chi connectivity index (χ1) is 3.81. The van der Waals surface area contributed by atoms with E-state index in [1.54, 1.807) is 0 Å². The van der Waals surface area contributed by atoms with E-state index in [1.807, 2.05) is 19.8 Å². The van der Waals surface area contributed by atoms with Gasteiger partial charge in [-0.3, -0.25) is 0 Å². The molecule has 0 spiro atoms. The van der Waals surface area contributed by atoms with E-state index in [-0.39, 0.29) is 0 Å². The number of hydrogen-bond donors (Lipinski definition) is 0. The molecule has 0 aliphatic carbocycles. The molecule has 0 saturated heterocycles. The highest BCUT2D eigenvalue weighted by molar-refractivity contribution is 6.78. The Morgan fingerprint density at radius 3 is 2.88 bits per heavy atom. The van der Waals surface area contributed by atoms with Crippen molar-refractivity contribution in [1.29, 1.82) is 0 Å². The average molecular weight is 109 g/mol. The fraction of sp³-hybridized carbons (Fsp3) is 0.500. The highest BCUT2D eigenvalue weighted by atomic mass is 14.7. The largest absolute Gasteiger partial charge is 0.304 e. The van der Waals surface area contributed by atoms with E-state index in [9.17, 15) is 0 Å². The van der Waals surface area contributed by atoms with Crippen LogP contribution < -0.4 is 0 Å². The van der Waals surface area contributed by atoms with Crippen molar-refractivity contribution in [3.05, 3.63) is 12.6 Å². The molecule has 8 heavy (non-hydrogen) atoms. The van der Waals surface area contributed by atoms with Gasteiger partial charge < -0.3 is 4.99 Å². The highest BCUT2D eigenvalue weighted by Crippen LogP contribution is 1.74. The molecule has 0 N–H and O–H groups in total. The van der Waals surface area contributed by atoms with Crippen LogP contribution in [0.15, 0.2) is 17.5 Å². The Morgan fingerprint density at radius 1 is 1.88 bits per heavy atom. The van der Waals surface area contributed by atoms with Gasteiger partial charge in [0.1, 0.15) is 0 Å². The van der Waals surface area contributed by atoms with E-state index < -0.39 is 0 Å². The summed E-state index contributed by atoms with van der Waals surface area (Å²) in [7, 11) is 0.924. The second-order valence-electron chi connectivity index (χ2n) is 1.70. The quantitative estimate of drug-likeness (QED) is 0.378. The van der Waals surface area contributed by atoms with Gasteiger partial charge in [0.15, 0.2) is 7.28 Å². The molecule has 0 radical (unpaired) electrons. The summed E-state index contributed by atoms with van der Waals surface area (Å²) in [6.45, 7) is 8.54. The molecule has 0 rings (SSSR count). The van der Waals surface area contributed by atoms with E-state index in [2.05, 4.69) is 11.6 Å². The predicted octanol–water partition coefficient (Wildman–Crippen LogP) is 1.00. The molecule has 0 atom stereocenters. The molecule has 0 saturated carbocycles. The Hall–Kier alpha value is -0.525. The molecule has 0 heterocycles. The molecule has 0 bridgehead atoms. The molecule has 0 unspecified atom stereocenters. The van der Waals surface area contributed by atoms with E-state index in [0.717, 1.165) is 13.8 Å². The Labute approximate surface area is 51.8 Å². The van der Waals surface area contributed by atoms with Crippen molar-refractivity contribution < 1.29 is 0 Å². The van der Waals surface area contributed by atoms with Gasteiger partial charge in [-0.25, -0.2) is 0 Å². The molecule has 2 heteroatoms. The maximum absolute atomic E-state index is 4.16. The summed E-state index contributed by atoms with van der Waals surface area (Å²) in [5.74, 6) is 1.87. The Morgan fingerprint density at radius 2 is 2.50 bits per heavy atom. The number of hydrogen-bond acceptors (Lipinski definition) is 1. The summed E-state index contributed by atoms with van der Waals surface area (Å²) in [4.78, 5) is 4.16. The van der Waals surface area contributed by atoms with Crippen molar-refractivity contribution >= 4 is 12.9 Å². The maximum atomic E-state index is 4.16. The lowest BCUT2D eigenvalue weighted by Gasteiger charge is -1.88. The van der Waals surface area contributed by atoms with Crippen molar-refractivity contribution in [2.45, 2.75) is 13.8 Å². The van der Waals surface area contributed by atoms with Crippen LogP contribution >= 0.6 is 0 Å². The molecule has 1 nitrogen and oxygen atoms in total. The van der Waals surface area contributed by atoms with Crippen molar-refractivity contribution in [3.63, 3.8) is 0 Å². The van der Waals surface area contributed by atoms with Crippen LogP contribution in [-0.4, -0.2) is 19.4 Å². The zero-order valence-electron chi connectivity index (χ0n) is 5.65.